The summed E-state index contributed by atoms with van der Waals surface area (Å²) >= 11 is 13.5. The summed E-state index contributed by atoms with van der Waals surface area (Å²) < 4.78 is 5.24. The topological polar surface area (TPSA) is 81.4 Å². The fourth-order valence-corrected chi connectivity index (χ4v) is 4.88. The van der Waals surface area contributed by atoms with Gasteiger partial charge in [-0.3, -0.25) is 9.59 Å². The van der Waals surface area contributed by atoms with Crippen molar-refractivity contribution in [1.82, 2.24) is 0 Å². The summed E-state index contributed by atoms with van der Waals surface area (Å²) in [5.74, 6) is -0.481. The molecular formula is C18H16Cl2N2O3S. The molecule has 0 fully saturated rings. The Labute approximate surface area is 164 Å². The van der Waals surface area contributed by atoms with Gasteiger partial charge in [-0.2, -0.15) is 0 Å². The third-order valence-electron chi connectivity index (χ3n) is 4.06. The van der Waals surface area contributed by atoms with Crippen LogP contribution in [0.1, 0.15) is 32.8 Å². The van der Waals surface area contributed by atoms with E-state index in [1.54, 1.807) is 18.2 Å². The number of carbonyl (C=O) groups excluding carboxylic acids is 2. The van der Waals surface area contributed by atoms with Crippen molar-refractivity contribution in [2.45, 2.75) is 19.3 Å². The molecule has 0 aliphatic heterocycles. The first-order valence-corrected chi connectivity index (χ1v) is 9.44. The zero-order chi connectivity index (χ0) is 18.8. The van der Waals surface area contributed by atoms with E-state index in [0.717, 1.165) is 29.7 Å². The first-order chi connectivity index (χ1) is 12.4. The van der Waals surface area contributed by atoms with Crippen molar-refractivity contribution < 1.29 is 14.3 Å². The highest BCUT2D eigenvalue weighted by Gasteiger charge is 2.25. The minimum atomic E-state index is -0.521. The van der Waals surface area contributed by atoms with E-state index in [1.165, 1.54) is 24.5 Å². The number of anilines is 1. The van der Waals surface area contributed by atoms with E-state index >= 15 is 0 Å². The van der Waals surface area contributed by atoms with E-state index in [0.29, 0.717) is 31.9 Å². The minimum absolute atomic E-state index is 0.353. The molecule has 2 amide bonds. The summed E-state index contributed by atoms with van der Waals surface area (Å²) in [5, 5.41) is 4.02. The lowest BCUT2D eigenvalue weighted by atomic mass is 10.1. The second kappa shape index (κ2) is 7.70. The third kappa shape index (κ3) is 3.72. The van der Waals surface area contributed by atoms with E-state index in [4.69, 9.17) is 33.7 Å². The van der Waals surface area contributed by atoms with Gasteiger partial charge in [-0.05, 0) is 43.0 Å². The maximum atomic E-state index is 12.3. The van der Waals surface area contributed by atoms with Gasteiger partial charge in [0.15, 0.2) is 0 Å². The van der Waals surface area contributed by atoms with Gasteiger partial charge in [0.2, 0.25) is 5.91 Å². The van der Waals surface area contributed by atoms with Gasteiger partial charge in [0, 0.05) is 21.5 Å². The molecule has 0 unspecified atom stereocenters. The molecule has 1 aliphatic carbocycles. The molecule has 2 aromatic rings. The number of hydrogen-bond acceptors (Lipinski definition) is 4. The zero-order valence-electron chi connectivity index (χ0n) is 13.9. The molecular weight excluding hydrogens is 395 g/mol. The van der Waals surface area contributed by atoms with Crippen LogP contribution in [0.25, 0.3) is 6.08 Å². The number of nitrogens with one attached hydrogen (secondary N) is 1. The quantitative estimate of drug-likeness (QED) is 0.720. The summed E-state index contributed by atoms with van der Waals surface area (Å²) in [6.45, 7) is 0. The van der Waals surface area contributed by atoms with Crippen LogP contribution in [-0.2, 0) is 17.6 Å². The molecule has 8 heteroatoms. The van der Waals surface area contributed by atoms with Crippen LogP contribution in [0.5, 0.6) is 5.75 Å². The lowest BCUT2D eigenvalue weighted by Gasteiger charge is -2.08. The van der Waals surface area contributed by atoms with Crippen LogP contribution in [0, 0.1) is 0 Å². The van der Waals surface area contributed by atoms with Crippen molar-refractivity contribution >= 4 is 57.4 Å². The van der Waals surface area contributed by atoms with Crippen molar-refractivity contribution in [1.29, 1.82) is 0 Å². The number of primary amides is 1. The number of nitrogens with two attached hydrogens (primary N) is 1. The fraction of sp³-hybridized carbons (Fsp3) is 0.222. The zero-order valence-corrected chi connectivity index (χ0v) is 16.2. The van der Waals surface area contributed by atoms with E-state index in [-0.39, 0.29) is 5.91 Å². The Morgan fingerprint density at radius 2 is 2.08 bits per heavy atom. The number of benzene rings is 1. The molecule has 136 valence electrons. The van der Waals surface area contributed by atoms with Crippen molar-refractivity contribution in [3.63, 3.8) is 0 Å². The lowest BCUT2D eigenvalue weighted by molar-refractivity contribution is -0.111. The summed E-state index contributed by atoms with van der Waals surface area (Å²) in [7, 11) is 1.48. The number of carbonyl (C=O) groups is 2. The number of fused-ring (bicyclic) bond motifs is 1. The summed E-state index contributed by atoms with van der Waals surface area (Å²) in [4.78, 5) is 25.2. The second-order valence-electron chi connectivity index (χ2n) is 5.76. The lowest BCUT2D eigenvalue weighted by Crippen LogP contribution is -2.16. The van der Waals surface area contributed by atoms with Crippen molar-refractivity contribution in [3.8, 4) is 5.75 Å². The maximum Gasteiger partial charge on any atom is 0.251 e. The largest absolute Gasteiger partial charge is 0.495 e. The van der Waals surface area contributed by atoms with Gasteiger partial charge in [-0.15, -0.1) is 11.3 Å². The van der Waals surface area contributed by atoms with Crippen LogP contribution in [0.4, 0.5) is 5.00 Å². The number of aryl methyl sites for hydroxylation is 1. The van der Waals surface area contributed by atoms with Crippen molar-refractivity contribution in [2.75, 3.05) is 12.4 Å². The molecule has 3 N–H and O–H groups in total. The average Bonchev–Trinajstić information content (AvgIpc) is 3.12. The Hall–Kier alpha value is -2.02. The maximum absolute atomic E-state index is 12.3. The first-order valence-electron chi connectivity index (χ1n) is 7.87. The number of thiophene rings is 1. The van der Waals surface area contributed by atoms with E-state index < -0.39 is 5.91 Å². The molecule has 26 heavy (non-hydrogen) atoms. The molecule has 1 aliphatic rings. The van der Waals surface area contributed by atoms with Gasteiger partial charge in [0.05, 0.1) is 17.7 Å². The van der Waals surface area contributed by atoms with Gasteiger partial charge < -0.3 is 15.8 Å². The molecule has 0 bridgehead atoms. The predicted molar refractivity (Wildman–Crippen MR) is 106 cm³/mol. The first kappa shape index (κ1) is 18.8. The van der Waals surface area contributed by atoms with Gasteiger partial charge in [0.25, 0.3) is 5.91 Å². The molecule has 0 atom stereocenters. The van der Waals surface area contributed by atoms with Gasteiger partial charge in [-0.25, -0.2) is 0 Å². The molecule has 0 spiro atoms. The Balaban J connectivity index is 1.83. The summed E-state index contributed by atoms with van der Waals surface area (Å²) in [5.41, 5.74) is 7.46. The number of halogens is 2. The van der Waals surface area contributed by atoms with Crippen molar-refractivity contribution in [3.05, 3.63) is 49.8 Å². The molecule has 0 saturated carbocycles. The predicted octanol–water partition coefficient (Wildman–Crippen LogP) is 4.30. The highest BCUT2D eigenvalue weighted by Crippen LogP contribution is 2.39. The number of rotatable bonds is 5. The molecule has 1 heterocycles. The highest BCUT2D eigenvalue weighted by atomic mass is 35.5. The van der Waals surface area contributed by atoms with Crippen LogP contribution in [-0.4, -0.2) is 18.9 Å². The second-order valence-corrected chi connectivity index (χ2v) is 7.71. The Morgan fingerprint density at radius 3 is 2.77 bits per heavy atom. The van der Waals surface area contributed by atoms with Gasteiger partial charge in [0.1, 0.15) is 10.8 Å². The van der Waals surface area contributed by atoms with Gasteiger partial charge >= 0.3 is 0 Å². The molecule has 0 saturated heterocycles. The van der Waals surface area contributed by atoms with Crippen molar-refractivity contribution in [2.24, 2.45) is 5.73 Å². The average molecular weight is 411 g/mol. The SMILES string of the molecule is COc1c(Cl)cc(Cl)cc1C=CC(=O)Nc1sc2c(c1C(N)=O)CCC2. The van der Waals surface area contributed by atoms with Crippen LogP contribution in [0.3, 0.4) is 0 Å². The molecule has 3 rings (SSSR count). The molecule has 0 radical (unpaired) electrons. The molecule has 1 aromatic carbocycles. The minimum Gasteiger partial charge on any atom is -0.495 e. The number of methoxy groups -OCH3 is 1. The normalized spacial score (nSPS) is 13.0. The molecule has 1 aromatic heterocycles. The monoisotopic (exact) mass is 410 g/mol. The van der Waals surface area contributed by atoms with Crippen LogP contribution in [0.2, 0.25) is 10.0 Å². The van der Waals surface area contributed by atoms with E-state index in [2.05, 4.69) is 5.32 Å². The number of hydrogen-bond donors (Lipinski definition) is 2. The van der Waals surface area contributed by atoms with E-state index in [9.17, 15) is 9.59 Å². The number of ether oxygens (including phenoxy) is 1. The summed E-state index contributed by atoms with van der Waals surface area (Å²) in [6, 6.07) is 3.20. The molecule has 5 nitrogen and oxygen atoms in total. The number of amides is 2. The van der Waals surface area contributed by atoms with Crippen LogP contribution < -0.4 is 15.8 Å². The summed E-state index contributed by atoms with van der Waals surface area (Å²) in [6.07, 6.45) is 5.61. The Bertz CT molecular complexity index is 922. The highest BCUT2D eigenvalue weighted by molar-refractivity contribution is 7.17. The Morgan fingerprint density at radius 1 is 1.31 bits per heavy atom. The van der Waals surface area contributed by atoms with Crippen LogP contribution >= 0.6 is 34.5 Å². The van der Waals surface area contributed by atoms with Crippen LogP contribution in [0.15, 0.2) is 18.2 Å². The third-order valence-corrected chi connectivity index (χ3v) is 5.77. The van der Waals surface area contributed by atoms with E-state index in [1.807, 2.05) is 0 Å². The smallest absolute Gasteiger partial charge is 0.251 e. The fourth-order valence-electron chi connectivity index (χ4n) is 2.99. The Kier molecular flexibility index (Phi) is 5.55. The standard InChI is InChI=1S/C18H16Cl2N2O3S/c1-25-16-9(7-10(19)8-12(16)20)5-6-14(23)22-18-15(17(21)24)11-3-2-4-13(11)26-18/h5-8H,2-4H2,1H3,(H2,21,24)(H,22,23). The van der Waals surface area contributed by atoms with Gasteiger partial charge in [-0.1, -0.05) is 23.2 Å².